The van der Waals surface area contributed by atoms with Gasteiger partial charge in [0.05, 0.1) is 23.6 Å². The van der Waals surface area contributed by atoms with Crippen LogP contribution in [-0.4, -0.2) is 53.8 Å². The molecule has 1 spiro atoms. The fourth-order valence-electron chi connectivity index (χ4n) is 3.43. The second-order valence-electron chi connectivity index (χ2n) is 7.48. The molecule has 0 aromatic heterocycles. The molecule has 2 aliphatic rings. The largest absolute Gasteiger partial charge is 0.491 e. The first-order valence-corrected chi connectivity index (χ1v) is 8.14. The highest BCUT2D eigenvalue weighted by atomic mass is 16.6. The highest BCUT2D eigenvalue weighted by Gasteiger charge is 2.50. The van der Waals surface area contributed by atoms with Crippen molar-refractivity contribution >= 4 is 12.4 Å². The van der Waals surface area contributed by atoms with Gasteiger partial charge in [-0.05, 0) is 33.3 Å². The van der Waals surface area contributed by atoms with E-state index in [1.165, 1.54) is 4.90 Å². The van der Waals surface area contributed by atoms with Crippen LogP contribution in [0.25, 0.3) is 0 Å². The number of hydrogen-bond donors (Lipinski definition) is 1. The van der Waals surface area contributed by atoms with Gasteiger partial charge in [0.25, 0.3) is 0 Å². The lowest BCUT2D eigenvalue weighted by atomic mass is 9.72. The third kappa shape index (κ3) is 2.75. The van der Waals surface area contributed by atoms with E-state index in [9.17, 15) is 14.7 Å². The van der Waals surface area contributed by atoms with E-state index in [2.05, 4.69) is 0 Å². The molecule has 2 atom stereocenters. The molecule has 24 heavy (non-hydrogen) atoms. The van der Waals surface area contributed by atoms with E-state index in [1.54, 1.807) is 12.1 Å². The van der Waals surface area contributed by atoms with Gasteiger partial charge in [0, 0.05) is 12.1 Å². The number of ether oxygens (including phenoxy) is 2. The molecule has 1 N–H and O–H groups in total. The van der Waals surface area contributed by atoms with Gasteiger partial charge in [-0.25, -0.2) is 4.79 Å². The summed E-state index contributed by atoms with van der Waals surface area (Å²) in [5, 5.41) is 10.8. The number of carbonyl (C=O) groups excluding carboxylic acids is 2. The van der Waals surface area contributed by atoms with E-state index in [4.69, 9.17) is 9.47 Å². The van der Waals surface area contributed by atoms with E-state index in [1.807, 2.05) is 26.8 Å². The van der Waals surface area contributed by atoms with Gasteiger partial charge in [-0.15, -0.1) is 0 Å². The predicted molar refractivity (Wildman–Crippen MR) is 87.4 cm³/mol. The first-order valence-electron chi connectivity index (χ1n) is 8.14. The van der Waals surface area contributed by atoms with Crippen molar-refractivity contribution in [3.05, 3.63) is 29.3 Å². The van der Waals surface area contributed by atoms with Gasteiger partial charge in [0.1, 0.15) is 18.0 Å². The molecule has 0 aliphatic carbocycles. The van der Waals surface area contributed by atoms with Crippen molar-refractivity contribution in [3.63, 3.8) is 0 Å². The van der Waals surface area contributed by atoms with Gasteiger partial charge in [0.15, 0.2) is 6.29 Å². The molecule has 130 valence electrons. The van der Waals surface area contributed by atoms with Gasteiger partial charge >= 0.3 is 6.09 Å². The number of aliphatic hydroxyl groups is 1. The van der Waals surface area contributed by atoms with E-state index in [0.29, 0.717) is 30.9 Å². The van der Waals surface area contributed by atoms with Gasteiger partial charge in [0.2, 0.25) is 0 Å². The summed E-state index contributed by atoms with van der Waals surface area (Å²) in [6.45, 7) is 6.41. The molecule has 1 saturated heterocycles. The Kier molecular flexibility index (Phi) is 4.03. The minimum atomic E-state index is -0.776. The molecule has 6 nitrogen and oxygen atoms in total. The quantitative estimate of drug-likeness (QED) is 0.797. The van der Waals surface area contributed by atoms with Crippen LogP contribution in [0.5, 0.6) is 5.75 Å². The number of aliphatic hydroxyl groups excluding tert-OH is 1. The molecule has 1 fully saturated rings. The van der Waals surface area contributed by atoms with Crippen LogP contribution in [-0.2, 0) is 10.2 Å². The van der Waals surface area contributed by atoms with Crippen molar-refractivity contribution in [3.8, 4) is 5.75 Å². The molecule has 2 unspecified atom stereocenters. The van der Waals surface area contributed by atoms with E-state index in [-0.39, 0.29) is 6.54 Å². The van der Waals surface area contributed by atoms with Crippen molar-refractivity contribution < 1.29 is 24.2 Å². The highest BCUT2D eigenvalue weighted by molar-refractivity contribution is 5.81. The molecule has 2 heterocycles. The fourth-order valence-corrected chi connectivity index (χ4v) is 3.43. The minimum absolute atomic E-state index is 0.184. The van der Waals surface area contributed by atoms with Gasteiger partial charge < -0.3 is 19.5 Å². The summed E-state index contributed by atoms with van der Waals surface area (Å²) in [7, 11) is 0. The van der Waals surface area contributed by atoms with Crippen LogP contribution < -0.4 is 4.74 Å². The van der Waals surface area contributed by atoms with Crippen LogP contribution in [0.4, 0.5) is 4.79 Å². The Morgan fingerprint density at radius 2 is 2.21 bits per heavy atom. The lowest BCUT2D eigenvalue weighted by Gasteiger charge is -2.42. The van der Waals surface area contributed by atoms with Crippen LogP contribution in [0.2, 0.25) is 0 Å². The Hall–Kier alpha value is -2.08. The molecular formula is C18H23NO5. The zero-order valence-electron chi connectivity index (χ0n) is 14.2. The summed E-state index contributed by atoms with van der Waals surface area (Å²) in [6.07, 6.45) is 0.127. The fraction of sp³-hybridized carbons (Fsp3) is 0.556. The van der Waals surface area contributed by atoms with Crippen molar-refractivity contribution in [2.24, 2.45) is 0 Å². The number of nitrogens with zero attached hydrogens (tertiary/aromatic N) is 1. The zero-order chi connectivity index (χ0) is 17.5. The maximum atomic E-state index is 12.2. The van der Waals surface area contributed by atoms with E-state index >= 15 is 0 Å². The normalized spacial score (nSPS) is 26.0. The van der Waals surface area contributed by atoms with Gasteiger partial charge in [-0.2, -0.15) is 0 Å². The van der Waals surface area contributed by atoms with Crippen LogP contribution >= 0.6 is 0 Å². The number of β-amino-alcohol motifs (C(OH)–C–C–N with tert-alkyl or cyclic N) is 1. The average molecular weight is 333 g/mol. The molecule has 0 saturated carbocycles. The summed E-state index contributed by atoms with van der Waals surface area (Å²) in [6, 6.07) is 5.39. The molecule has 1 amide bonds. The topological polar surface area (TPSA) is 76.1 Å². The second-order valence-corrected chi connectivity index (χ2v) is 7.48. The molecule has 2 aliphatic heterocycles. The molecule has 0 bridgehead atoms. The maximum absolute atomic E-state index is 12.2. The number of benzene rings is 1. The third-order valence-electron chi connectivity index (χ3n) is 4.69. The first kappa shape index (κ1) is 16.8. The van der Waals surface area contributed by atoms with E-state index < -0.39 is 23.2 Å². The molecule has 1 aromatic rings. The van der Waals surface area contributed by atoms with Crippen molar-refractivity contribution in [2.45, 2.75) is 44.3 Å². The van der Waals surface area contributed by atoms with Gasteiger partial charge in [-0.1, -0.05) is 12.1 Å². The lowest BCUT2D eigenvalue weighted by Crippen LogP contribution is -2.56. The Morgan fingerprint density at radius 3 is 2.83 bits per heavy atom. The van der Waals surface area contributed by atoms with Crippen LogP contribution in [0.1, 0.15) is 43.1 Å². The number of amides is 1. The Morgan fingerprint density at radius 1 is 1.46 bits per heavy atom. The molecular weight excluding hydrogens is 310 g/mol. The number of fused-ring (bicyclic) bond motifs is 2. The second kappa shape index (κ2) is 5.77. The number of hydrogen-bond acceptors (Lipinski definition) is 5. The van der Waals surface area contributed by atoms with Crippen LogP contribution in [0.15, 0.2) is 18.2 Å². The number of para-hydroxylation sites is 1. The number of piperidine rings is 1. The summed E-state index contributed by atoms with van der Waals surface area (Å²) >= 11 is 0. The van der Waals surface area contributed by atoms with Gasteiger partial charge in [-0.3, -0.25) is 4.79 Å². The Labute approximate surface area is 141 Å². The van der Waals surface area contributed by atoms with Crippen molar-refractivity contribution in [1.82, 2.24) is 4.90 Å². The number of carbonyl (C=O) groups is 2. The number of rotatable bonds is 1. The lowest BCUT2D eigenvalue weighted by molar-refractivity contribution is -0.0281. The van der Waals surface area contributed by atoms with E-state index in [0.717, 1.165) is 11.8 Å². The standard InChI is InChI=1S/C18H23NO5/c1-17(2,3)24-16(22)19-8-7-18(14(21)9-19)11-23-15-12(10-20)5-4-6-13(15)18/h4-6,10,14,21H,7-9,11H2,1-3H3. The smallest absolute Gasteiger partial charge is 0.410 e. The summed E-state index contributed by atoms with van der Waals surface area (Å²) in [5.74, 6) is 0.553. The zero-order valence-corrected chi connectivity index (χ0v) is 14.2. The minimum Gasteiger partial charge on any atom is -0.491 e. The Balaban J connectivity index is 1.81. The molecule has 6 heteroatoms. The predicted octanol–water partition coefficient (Wildman–Crippen LogP) is 2.13. The van der Waals surface area contributed by atoms with Crippen LogP contribution in [0.3, 0.4) is 0 Å². The molecule has 1 aromatic carbocycles. The molecule has 0 radical (unpaired) electrons. The van der Waals surface area contributed by atoms with Crippen LogP contribution in [0, 0.1) is 0 Å². The average Bonchev–Trinajstić information content (AvgIpc) is 2.88. The number of likely N-dealkylation sites (tertiary alicyclic amines) is 1. The highest BCUT2D eigenvalue weighted by Crippen LogP contribution is 2.46. The van der Waals surface area contributed by atoms with Crippen molar-refractivity contribution in [1.29, 1.82) is 0 Å². The Bertz CT molecular complexity index is 666. The monoisotopic (exact) mass is 333 g/mol. The molecule has 3 rings (SSSR count). The third-order valence-corrected chi connectivity index (χ3v) is 4.69. The summed E-state index contributed by atoms with van der Waals surface area (Å²) in [4.78, 5) is 24.9. The van der Waals surface area contributed by atoms with Crippen molar-refractivity contribution in [2.75, 3.05) is 19.7 Å². The summed E-state index contributed by atoms with van der Waals surface area (Å²) < 4.78 is 11.1. The number of aldehydes is 1. The summed E-state index contributed by atoms with van der Waals surface area (Å²) in [5.41, 5.74) is 0.195. The first-order chi connectivity index (χ1) is 11.3. The SMILES string of the molecule is CC(C)(C)OC(=O)N1CCC2(COc3c(C=O)cccc32)C(O)C1. The maximum Gasteiger partial charge on any atom is 0.410 e.